The van der Waals surface area contributed by atoms with Crippen LogP contribution in [0.15, 0.2) is 61.1 Å². The van der Waals surface area contributed by atoms with Crippen LogP contribution in [0.1, 0.15) is 18.1 Å². The molecular formula is C19H19FN4O. The van der Waals surface area contributed by atoms with Crippen LogP contribution in [0.5, 0.6) is 0 Å². The van der Waals surface area contributed by atoms with Crippen LogP contribution in [-0.4, -0.2) is 20.7 Å². The summed E-state index contributed by atoms with van der Waals surface area (Å²) in [4.78, 5) is 16.5. The van der Waals surface area contributed by atoms with Crippen molar-refractivity contribution in [3.63, 3.8) is 0 Å². The maximum absolute atomic E-state index is 13.2. The molecule has 3 aromatic rings. The molecule has 0 radical (unpaired) electrons. The molecule has 0 aliphatic heterocycles. The molecule has 0 aliphatic rings. The second-order valence-corrected chi connectivity index (χ2v) is 5.93. The molecule has 2 heterocycles. The van der Waals surface area contributed by atoms with Crippen molar-refractivity contribution in [1.29, 1.82) is 0 Å². The number of nitrogens with zero attached hydrogens (tertiary/aromatic N) is 3. The van der Waals surface area contributed by atoms with Gasteiger partial charge in [-0.1, -0.05) is 19.1 Å². The van der Waals surface area contributed by atoms with Crippen LogP contribution in [0.25, 0.3) is 5.82 Å². The van der Waals surface area contributed by atoms with E-state index in [-0.39, 0.29) is 17.6 Å². The number of rotatable bonds is 6. The largest absolute Gasteiger partial charge is 0.352 e. The van der Waals surface area contributed by atoms with Crippen molar-refractivity contribution in [3.8, 4) is 5.82 Å². The number of benzene rings is 1. The molecule has 1 amide bonds. The Labute approximate surface area is 145 Å². The first-order valence-corrected chi connectivity index (χ1v) is 8.09. The molecule has 0 saturated heterocycles. The lowest BCUT2D eigenvalue weighted by Gasteiger charge is -2.13. The molecular weight excluding hydrogens is 319 g/mol. The highest BCUT2D eigenvalue weighted by Crippen LogP contribution is 2.11. The van der Waals surface area contributed by atoms with Gasteiger partial charge in [-0.15, -0.1) is 0 Å². The summed E-state index contributed by atoms with van der Waals surface area (Å²) in [5.74, 6) is 0.105. The number of nitrogens with one attached hydrogen (secondary N) is 1. The Morgan fingerprint density at radius 2 is 2.08 bits per heavy atom. The fourth-order valence-corrected chi connectivity index (χ4v) is 2.57. The first-order chi connectivity index (χ1) is 12.1. The average Bonchev–Trinajstić information content (AvgIpc) is 3.14. The van der Waals surface area contributed by atoms with E-state index in [0.29, 0.717) is 18.8 Å². The number of halogens is 1. The quantitative estimate of drug-likeness (QED) is 0.752. The van der Waals surface area contributed by atoms with Crippen molar-refractivity contribution in [2.45, 2.75) is 19.9 Å². The standard InChI is InChI=1S/C19H19FN4O/c1-14(10-15-4-2-5-17(20)11-15)19(25)22-13-16-6-8-21-18(12-16)24-9-3-7-23-24/h2-9,11-12,14H,10,13H2,1H3,(H,22,25)/t14-/m1/s1. The van der Waals surface area contributed by atoms with E-state index in [0.717, 1.165) is 11.1 Å². The van der Waals surface area contributed by atoms with Gasteiger partial charge in [0.15, 0.2) is 5.82 Å². The van der Waals surface area contributed by atoms with Gasteiger partial charge >= 0.3 is 0 Å². The molecule has 128 valence electrons. The summed E-state index contributed by atoms with van der Waals surface area (Å²) >= 11 is 0. The molecule has 1 N–H and O–H groups in total. The lowest BCUT2D eigenvalue weighted by atomic mass is 10.0. The van der Waals surface area contributed by atoms with Crippen LogP contribution in [0.3, 0.4) is 0 Å². The molecule has 0 unspecified atom stereocenters. The number of hydrogen-bond acceptors (Lipinski definition) is 3. The molecule has 1 atom stereocenters. The fraction of sp³-hybridized carbons (Fsp3) is 0.211. The van der Waals surface area contributed by atoms with Crippen LogP contribution < -0.4 is 5.32 Å². The average molecular weight is 338 g/mol. The monoisotopic (exact) mass is 338 g/mol. The molecule has 0 spiro atoms. The minimum atomic E-state index is -0.284. The molecule has 1 aromatic carbocycles. The topological polar surface area (TPSA) is 59.8 Å². The highest BCUT2D eigenvalue weighted by Gasteiger charge is 2.13. The van der Waals surface area contributed by atoms with Crippen LogP contribution in [0.4, 0.5) is 4.39 Å². The Morgan fingerprint density at radius 3 is 2.84 bits per heavy atom. The van der Waals surface area contributed by atoms with Gasteiger partial charge in [-0.2, -0.15) is 5.10 Å². The number of carbonyl (C=O) groups is 1. The summed E-state index contributed by atoms with van der Waals surface area (Å²) in [6.45, 7) is 2.24. The number of amides is 1. The van der Waals surface area contributed by atoms with Crippen LogP contribution in [-0.2, 0) is 17.8 Å². The smallest absolute Gasteiger partial charge is 0.223 e. The normalized spacial score (nSPS) is 11.9. The van der Waals surface area contributed by atoms with Gasteiger partial charge in [0.05, 0.1) is 0 Å². The van der Waals surface area contributed by atoms with Crippen molar-refractivity contribution in [2.24, 2.45) is 5.92 Å². The van der Waals surface area contributed by atoms with E-state index in [1.807, 2.05) is 37.4 Å². The van der Waals surface area contributed by atoms with Gasteiger partial charge < -0.3 is 5.32 Å². The van der Waals surface area contributed by atoms with Gasteiger partial charge in [-0.05, 0) is 47.9 Å². The fourth-order valence-electron chi connectivity index (χ4n) is 2.57. The molecule has 0 bridgehead atoms. The highest BCUT2D eigenvalue weighted by molar-refractivity contribution is 5.78. The number of pyridine rings is 1. The number of carbonyl (C=O) groups excluding carboxylic acids is 1. The highest BCUT2D eigenvalue weighted by atomic mass is 19.1. The summed E-state index contributed by atoms with van der Waals surface area (Å²) in [5.41, 5.74) is 1.75. The predicted molar refractivity (Wildman–Crippen MR) is 92.5 cm³/mol. The summed E-state index contributed by atoms with van der Waals surface area (Å²) < 4.78 is 14.9. The lowest BCUT2D eigenvalue weighted by Crippen LogP contribution is -2.30. The van der Waals surface area contributed by atoms with E-state index in [9.17, 15) is 9.18 Å². The van der Waals surface area contributed by atoms with Gasteiger partial charge in [-0.3, -0.25) is 4.79 Å². The Balaban J connectivity index is 1.57. The van der Waals surface area contributed by atoms with Crippen LogP contribution >= 0.6 is 0 Å². The van der Waals surface area contributed by atoms with Gasteiger partial charge in [-0.25, -0.2) is 14.1 Å². The van der Waals surface area contributed by atoms with Crippen molar-refractivity contribution >= 4 is 5.91 Å². The van der Waals surface area contributed by atoms with E-state index in [4.69, 9.17) is 0 Å². The van der Waals surface area contributed by atoms with Crippen molar-refractivity contribution < 1.29 is 9.18 Å². The minimum Gasteiger partial charge on any atom is -0.352 e. The predicted octanol–water partition coefficient (Wildman–Crippen LogP) is 2.90. The maximum atomic E-state index is 13.2. The van der Waals surface area contributed by atoms with Crippen molar-refractivity contribution in [2.75, 3.05) is 0 Å². The summed E-state index contributed by atoms with van der Waals surface area (Å²) in [5, 5.41) is 7.06. The van der Waals surface area contributed by atoms with E-state index in [1.54, 1.807) is 23.1 Å². The Hall–Kier alpha value is -3.02. The molecule has 2 aromatic heterocycles. The number of aromatic nitrogens is 3. The molecule has 6 heteroatoms. The first kappa shape index (κ1) is 16.8. The molecule has 0 aliphatic carbocycles. The Kier molecular flexibility index (Phi) is 5.18. The first-order valence-electron chi connectivity index (χ1n) is 8.09. The van der Waals surface area contributed by atoms with Gasteiger partial charge in [0.1, 0.15) is 5.82 Å². The zero-order valence-electron chi connectivity index (χ0n) is 13.9. The zero-order chi connectivity index (χ0) is 17.6. The maximum Gasteiger partial charge on any atom is 0.223 e. The zero-order valence-corrected chi connectivity index (χ0v) is 13.9. The van der Waals surface area contributed by atoms with Gasteiger partial charge in [0.25, 0.3) is 0 Å². The van der Waals surface area contributed by atoms with Crippen molar-refractivity contribution in [1.82, 2.24) is 20.1 Å². The van der Waals surface area contributed by atoms with E-state index in [1.165, 1.54) is 12.1 Å². The van der Waals surface area contributed by atoms with Crippen LogP contribution in [0, 0.1) is 11.7 Å². The van der Waals surface area contributed by atoms with Gasteiger partial charge in [0.2, 0.25) is 5.91 Å². The summed E-state index contributed by atoms with van der Waals surface area (Å²) in [6.07, 6.45) is 5.68. The second-order valence-electron chi connectivity index (χ2n) is 5.93. The third kappa shape index (κ3) is 4.50. The van der Waals surface area contributed by atoms with E-state index >= 15 is 0 Å². The van der Waals surface area contributed by atoms with Crippen LogP contribution in [0.2, 0.25) is 0 Å². The summed E-state index contributed by atoms with van der Waals surface area (Å²) in [7, 11) is 0. The SMILES string of the molecule is C[C@H](Cc1cccc(F)c1)C(=O)NCc1ccnc(-n2cccn2)c1. The molecule has 0 saturated carbocycles. The molecule has 25 heavy (non-hydrogen) atoms. The summed E-state index contributed by atoms with van der Waals surface area (Å²) in [6, 6.07) is 11.9. The van der Waals surface area contributed by atoms with E-state index in [2.05, 4.69) is 15.4 Å². The van der Waals surface area contributed by atoms with E-state index < -0.39 is 0 Å². The molecule has 0 fully saturated rings. The van der Waals surface area contributed by atoms with Crippen molar-refractivity contribution in [3.05, 3.63) is 78.0 Å². The third-order valence-corrected chi connectivity index (χ3v) is 3.89. The minimum absolute atomic E-state index is 0.0679. The number of hydrogen-bond donors (Lipinski definition) is 1. The van der Waals surface area contributed by atoms with Gasteiger partial charge in [0, 0.05) is 31.1 Å². The molecule has 3 rings (SSSR count). The Bertz CT molecular complexity index is 848. The second kappa shape index (κ2) is 7.70. The molecule has 5 nitrogen and oxygen atoms in total. The third-order valence-electron chi connectivity index (χ3n) is 3.89. The lowest BCUT2D eigenvalue weighted by molar-refractivity contribution is -0.124. The Morgan fingerprint density at radius 1 is 1.20 bits per heavy atom.